The molecule has 6 aromatic rings. The quantitative estimate of drug-likeness (QED) is 0.153. The van der Waals surface area contributed by atoms with E-state index in [0.717, 1.165) is 29.8 Å². The van der Waals surface area contributed by atoms with Crippen molar-refractivity contribution in [3.05, 3.63) is 99.0 Å². The number of carbonyl (C=O) groups excluding carboxylic acids is 1. The largest absolute Gasteiger partial charge is 0.461 e. The molecule has 7 rings (SSSR count). The molecule has 0 aliphatic carbocycles. The fourth-order valence-corrected chi connectivity index (χ4v) is 6.88. The van der Waals surface area contributed by atoms with Gasteiger partial charge in [0.15, 0.2) is 22.7 Å². The van der Waals surface area contributed by atoms with Crippen molar-refractivity contribution in [2.45, 2.75) is 64.9 Å². The summed E-state index contributed by atoms with van der Waals surface area (Å²) in [6.07, 6.45) is 6.84. The molecular weight excluding hydrogens is 643 g/mol. The zero-order valence-electron chi connectivity index (χ0n) is 27.3. The Balaban J connectivity index is 1.22. The van der Waals surface area contributed by atoms with Crippen LogP contribution < -0.4 is 16.2 Å². The molecule has 14 heteroatoms. The second-order valence-corrected chi connectivity index (χ2v) is 12.6. The number of nitrogens with zero attached hydrogens (tertiary/aromatic N) is 7. The fourth-order valence-electron chi connectivity index (χ4n) is 6.14. The normalized spacial score (nSPS) is 15.4. The van der Waals surface area contributed by atoms with E-state index in [1.165, 1.54) is 17.7 Å². The van der Waals surface area contributed by atoms with Crippen LogP contribution in [-0.4, -0.2) is 53.2 Å². The summed E-state index contributed by atoms with van der Waals surface area (Å²) in [5.74, 6) is 0.689. The molecule has 0 spiro atoms. The number of benzene rings is 2. The monoisotopic (exact) mass is 679 g/mol. The number of fused-ring (bicyclic) bond motifs is 2. The number of ether oxygens (including phenoxy) is 2. The predicted molar refractivity (Wildman–Crippen MR) is 187 cm³/mol. The van der Waals surface area contributed by atoms with Gasteiger partial charge in [0.2, 0.25) is 0 Å². The van der Waals surface area contributed by atoms with Gasteiger partial charge in [-0.25, -0.2) is 29.7 Å². The van der Waals surface area contributed by atoms with Crippen molar-refractivity contribution in [1.82, 2.24) is 39.4 Å². The fraction of sp³-hybridized carbons (Fsp3) is 0.343. The molecule has 1 aliphatic heterocycles. The number of hydrogen-bond donors (Lipinski definition) is 2. The molecule has 2 unspecified atom stereocenters. The standard InChI is InChI=1S/C35H37N9O4S/c1-3-24(41-31-30-33(38-20-37-31)43(21-39-30)28-15-8-9-16-48-28)32-42-25-14-10-11-22(29(25)34(45)44(32)23-12-6-5-7-13-23)17-36-18-27-40-26(19-49-27)35(46)47-4-2/h5-7,10-14,19-21,24,28,36H,3-4,8-9,15-18H2,1-2H3,(H,37,38,41). The van der Waals surface area contributed by atoms with Gasteiger partial charge in [-0.15, -0.1) is 11.3 Å². The first kappa shape index (κ1) is 32.5. The first-order valence-electron chi connectivity index (χ1n) is 16.5. The molecule has 0 radical (unpaired) electrons. The van der Waals surface area contributed by atoms with Crippen molar-refractivity contribution in [2.24, 2.45) is 0 Å². The van der Waals surface area contributed by atoms with Crippen LogP contribution in [0.3, 0.4) is 0 Å². The molecule has 1 saturated heterocycles. The van der Waals surface area contributed by atoms with E-state index in [1.54, 1.807) is 23.2 Å². The molecule has 252 valence electrons. The highest BCUT2D eigenvalue weighted by Gasteiger charge is 2.25. The van der Waals surface area contributed by atoms with Crippen LogP contribution in [-0.2, 0) is 22.6 Å². The molecule has 2 N–H and O–H groups in total. The van der Waals surface area contributed by atoms with Gasteiger partial charge in [0.25, 0.3) is 5.56 Å². The molecular formula is C35H37N9O4S. The average Bonchev–Trinajstić information content (AvgIpc) is 3.80. The third kappa shape index (κ3) is 6.67. The number of hydrogen-bond acceptors (Lipinski definition) is 12. The summed E-state index contributed by atoms with van der Waals surface area (Å²) in [7, 11) is 0. The molecule has 1 aliphatic rings. The molecule has 2 aromatic carbocycles. The van der Waals surface area contributed by atoms with Gasteiger partial charge in [-0.1, -0.05) is 37.3 Å². The van der Waals surface area contributed by atoms with Gasteiger partial charge in [0.1, 0.15) is 23.4 Å². The lowest BCUT2D eigenvalue weighted by molar-refractivity contribution is -0.0298. The number of nitrogens with one attached hydrogen (secondary N) is 2. The minimum Gasteiger partial charge on any atom is -0.461 e. The second kappa shape index (κ2) is 14.6. The maximum atomic E-state index is 14.6. The summed E-state index contributed by atoms with van der Waals surface area (Å²) >= 11 is 1.38. The zero-order chi connectivity index (χ0) is 33.7. The molecule has 49 heavy (non-hydrogen) atoms. The van der Waals surface area contributed by atoms with E-state index >= 15 is 0 Å². The Bertz CT molecular complexity index is 2140. The first-order chi connectivity index (χ1) is 24.1. The maximum Gasteiger partial charge on any atom is 0.357 e. The lowest BCUT2D eigenvalue weighted by atomic mass is 10.1. The number of aromatic nitrogens is 7. The minimum absolute atomic E-state index is 0.110. The lowest BCUT2D eigenvalue weighted by Crippen LogP contribution is -2.29. The molecule has 1 fully saturated rings. The SMILES string of the molecule is CCOC(=O)c1csc(CNCc2cccc3nc(C(CC)Nc4ncnc5c4ncn5C4CCCCO4)n(-c4ccccc4)c(=O)c23)n1. The van der Waals surface area contributed by atoms with Crippen LogP contribution in [0.1, 0.15) is 78.7 Å². The summed E-state index contributed by atoms with van der Waals surface area (Å²) in [5, 5.41) is 9.90. The van der Waals surface area contributed by atoms with Crippen LogP contribution in [0.2, 0.25) is 0 Å². The van der Waals surface area contributed by atoms with Crippen molar-refractivity contribution < 1.29 is 14.3 Å². The van der Waals surface area contributed by atoms with Crippen molar-refractivity contribution in [1.29, 1.82) is 0 Å². The molecule has 0 saturated carbocycles. The van der Waals surface area contributed by atoms with Crippen LogP contribution in [0.5, 0.6) is 0 Å². The Morgan fingerprint density at radius 1 is 1.06 bits per heavy atom. The van der Waals surface area contributed by atoms with Crippen LogP contribution in [0.15, 0.2) is 71.4 Å². The van der Waals surface area contributed by atoms with Gasteiger partial charge in [-0.05, 0) is 56.4 Å². The number of para-hydroxylation sites is 1. The van der Waals surface area contributed by atoms with E-state index in [9.17, 15) is 9.59 Å². The van der Waals surface area contributed by atoms with E-state index in [0.29, 0.717) is 77.8 Å². The Kier molecular flexibility index (Phi) is 9.68. The van der Waals surface area contributed by atoms with Gasteiger partial charge >= 0.3 is 5.97 Å². The van der Waals surface area contributed by atoms with Crippen molar-refractivity contribution in [3.8, 4) is 5.69 Å². The van der Waals surface area contributed by atoms with Gasteiger partial charge in [-0.2, -0.15) is 0 Å². The average molecular weight is 680 g/mol. The smallest absolute Gasteiger partial charge is 0.357 e. The van der Waals surface area contributed by atoms with Crippen LogP contribution in [0.25, 0.3) is 27.8 Å². The summed E-state index contributed by atoms with van der Waals surface area (Å²) in [6, 6.07) is 14.9. The van der Waals surface area contributed by atoms with Gasteiger partial charge in [-0.3, -0.25) is 13.9 Å². The zero-order valence-corrected chi connectivity index (χ0v) is 28.2. The lowest BCUT2D eigenvalue weighted by Gasteiger charge is -2.24. The maximum absolute atomic E-state index is 14.6. The number of esters is 1. The van der Waals surface area contributed by atoms with Crippen molar-refractivity contribution >= 4 is 45.2 Å². The Labute approximate surface area is 286 Å². The summed E-state index contributed by atoms with van der Waals surface area (Å²) < 4.78 is 14.7. The van der Waals surface area contributed by atoms with Gasteiger partial charge in [0.05, 0.1) is 35.6 Å². The van der Waals surface area contributed by atoms with E-state index in [-0.39, 0.29) is 17.8 Å². The van der Waals surface area contributed by atoms with E-state index in [1.807, 2.05) is 60.0 Å². The summed E-state index contributed by atoms with van der Waals surface area (Å²) in [5.41, 5.74) is 3.56. The minimum atomic E-state index is -0.435. The number of imidazole rings is 1. The number of anilines is 1. The third-order valence-electron chi connectivity index (χ3n) is 8.51. The Morgan fingerprint density at radius 3 is 2.73 bits per heavy atom. The van der Waals surface area contributed by atoms with E-state index < -0.39 is 5.97 Å². The van der Waals surface area contributed by atoms with Crippen LogP contribution in [0.4, 0.5) is 5.82 Å². The van der Waals surface area contributed by atoms with Crippen molar-refractivity contribution in [3.63, 3.8) is 0 Å². The molecule has 0 amide bonds. The number of thiazole rings is 1. The molecule has 0 bridgehead atoms. The number of carbonyl (C=O) groups is 1. The predicted octanol–water partition coefficient (Wildman–Crippen LogP) is 5.71. The number of rotatable bonds is 12. The highest BCUT2D eigenvalue weighted by Crippen LogP contribution is 2.30. The van der Waals surface area contributed by atoms with E-state index in [4.69, 9.17) is 14.5 Å². The van der Waals surface area contributed by atoms with Crippen LogP contribution in [0, 0.1) is 0 Å². The van der Waals surface area contributed by atoms with Gasteiger partial charge in [0, 0.05) is 25.1 Å². The molecule has 5 heterocycles. The first-order valence-corrected chi connectivity index (χ1v) is 17.4. The van der Waals surface area contributed by atoms with Crippen molar-refractivity contribution in [2.75, 3.05) is 18.5 Å². The topological polar surface area (TPSA) is 151 Å². The Morgan fingerprint density at radius 2 is 1.94 bits per heavy atom. The van der Waals surface area contributed by atoms with E-state index in [2.05, 4.69) is 30.6 Å². The third-order valence-corrected chi connectivity index (χ3v) is 9.36. The molecule has 13 nitrogen and oxygen atoms in total. The summed E-state index contributed by atoms with van der Waals surface area (Å²) in [6.45, 7) is 5.64. The Hall–Kier alpha value is -5.05. The van der Waals surface area contributed by atoms with Gasteiger partial charge < -0.3 is 20.1 Å². The highest BCUT2D eigenvalue weighted by molar-refractivity contribution is 7.09. The highest BCUT2D eigenvalue weighted by atomic mass is 32.1. The summed E-state index contributed by atoms with van der Waals surface area (Å²) in [4.78, 5) is 49.9. The second-order valence-electron chi connectivity index (χ2n) is 11.7. The molecule has 2 atom stereocenters. The van der Waals surface area contributed by atoms with Crippen LogP contribution >= 0.6 is 11.3 Å². The molecule has 4 aromatic heterocycles.